The Balaban J connectivity index is 1.75. The van der Waals surface area contributed by atoms with E-state index in [4.69, 9.17) is 0 Å². The van der Waals surface area contributed by atoms with Gasteiger partial charge in [0, 0.05) is 37.1 Å². The van der Waals surface area contributed by atoms with Crippen molar-refractivity contribution in [3.05, 3.63) is 59.7 Å². The van der Waals surface area contributed by atoms with Crippen LogP contribution in [-0.2, 0) is 0 Å². The first kappa shape index (κ1) is 14.6. The standard InChI is InChI=1S/C19H22N2O/c1-15-5-7-16(8-6-15)19(22)20(2)17-9-11-18(12-10-17)21-13-3-4-14-21/h5-12H,3-4,13-14H2,1-2H3. The van der Waals surface area contributed by atoms with Crippen LogP contribution in [0.1, 0.15) is 28.8 Å². The van der Waals surface area contributed by atoms with E-state index >= 15 is 0 Å². The molecule has 0 saturated carbocycles. The molecule has 0 atom stereocenters. The molecule has 0 aliphatic carbocycles. The average Bonchev–Trinajstić information content (AvgIpc) is 3.09. The molecule has 1 heterocycles. The van der Waals surface area contributed by atoms with Gasteiger partial charge < -0.3 is 9.80 Å². The van der Waals surface area contributed by atoms with Crippen LogP contribution in [0.5, 0.6) is 0 Å². The summed E-state index contributed by atoms with van der Waals surface area (Å²) in [6, 6.07) is 16.0. The SMILES string of the molecule is Cc1ccc(C(=O)N(C)c2ccc(N3CCCC3)cc2)cc1. The van der Waals surface area contributed by atoms with E-state index in [2.05, 4.69) is 17.0 Å². The molecular formula is C19H22N2O. The molecule has 3 heteroatoms. The highest BCUT2D eigenvalue weighted by molar-refractivity contribution is 6.05. The fraction of sp³-hybridized carbons (Fsp3) is 0.316. The van der Waals surface area contributed by atoms with E-state index in [1.165, 1.54) is 18.5 Å². The molecule has 0 spiro atoms. The van der Waals surface area contributed by atoms with Gasteiger partial charge in [-0.3, -0.25) is 4.79 Å². The van der Waals surface area contributed by atoms with E-state index in [9.17, 15) is 4.79 Å². The molecule has 1 amide bonds. The molecule has 0 bridgehead atoms. The number of amides is 1. The Bertz CT molecular complexity index is 640. The molecule has 1 aliphatic rings. The lowest BCUT2D eigenvalue weighted by atomic mass is 10.1. The molecule has 1 aliphatic heterocycles. The van der Waals surface area contributed by atoms with Gasteiger partial charge in [-0.25, -0.2) is 0 Å². The van der Waals surface area contributed by atoms with Gasteiger partial charge in [0.05, 0.1) is 0 Å². The van der Waals surface area contributed by atoms with Gasteiger partial charge in [-0.2, -0.15) is 0 Å². The summed E-state index contributed by atoms with van der Waals surface area (Å²) in [6.07, 6.45) is 2.54. The highest BCUT2D eigenvalue weighted by atomic mass is 16.2. The maximum Gasteiger partial charge on any atom is 0.258 e. The summed E-state index contributed by atoms with van der Waals surface area (Å²) in [7, 11) is 1.83. The molecule has 2 aromatic rings. The van der Waals surface area contributed by atoms with E-state index in [0.717, 1.165) is 29.9 Å². The van der Waals surface area contributed by atoms with Crippen molar-refractivity contribution >= 4 is 17.3 Å². The summed E-state index contributed by atoms with van der Waals surface area (Å²) < 4.78 is 0. The molecular weight excluding hydrogens is 272 g/mol. The number of anilines is 2. The van der Waals surface area contributed by atoms with Crippen molar-refractivity contribution in [1.82, 2.24) is 0 Å². The van der Waals surface area contributed by atoms with E-state index in [1.54, 1.807) is 4.90 Å². The van der Waals surface area contributed by atoms with Crippen LogP contribution in [0.2, 0.25) is 0 Å². The zero-order valence-electron chi connectivity index (χ0n) is 13.2. The number of hydrogen-bond donors (Lipinski definition) is 0. The van der Waals surface area contributed by atoms with Crippen molar-refractivity contribution < 1.29 is 4.79 Å². The van der Waals surface area contributed by atoms with Gasteiger partial charge in [0.25, 0.3) is 5.91 Å². The van der Waals surface area contributed by atoms with Crippen molar-refractivity contribution in [2.75, 3.05) is 29.9 Å². The predicted octanol–water partition coefficient (Wildman–Crippen LogP) is 3.87. The van der Waals surface area contributed by atoms with Crippen LogP contribution >= 0.6 is 0 Å². The van der Waals surface area contributed by atoms with Gasteiger partial charge in [0.1, 0.15) is 0 Å². The highest BCUT2D eigenvalue weighted by Crippen LogP contribution is 2.24. The number of aryl methyl sites for hydroxylation is 1. The summed E-state index contributed by atoms with van der Waals surface area (Å²) in [5.74, 6) is 0.0222. The van der Waals surface area contributed by atoms with Crippen LogP contribution in [0.4, 0.5) is 11.4 Å². The van der Waals surface area contributed by atoms with Crippen molar-refractivity contribution in [2.45, 2.75) is 19.8 Å². The fourth-order valence-electron chi connectivity index (χ4n) is 2.87. The molecule has 1 saturated heterocycles. The minimum atomic E-state index is 0.0222. The number of carbonyl (C=O) groups is 1. The lowest BCUT2D eigenvalue weighted by molar-refractivity contribution is 0.0993. The molecule has 114 valence electrons. The smallest absolute Gasteiger partial charge is 0.258 e. The van der Waals surface area contributed by atoms with Gasteiger partial charge in [-0.1, -0.05) is 17.7 Å². The van der Waals surface area contributed by atoms with Crippen LogP contribution in [-0.4, -0.2) is 26.0 Å². The number of nitrogens with zero attached hydrogens (tertiary/aromatic N) is 2. The van der Waals surface area contributed by atoms with Gasteiger partial charge in [0.2, 0.25) is 0 Å². The van der Waals surface area contributed by atoms with E-state index < -0.39 is 0 Å². The Morgan fingerprint density at radius 3 is 2.14 bits per heavy atom. The third-order valence-electron chi connectivity index (χ3n) is 4.31. The third-order valence-corrected chi connectivity index (χ3v) is 4.31. The molecule has 0 radical (unpaired) electrons. The molecule has 0 unspecified atom stereocenters. The Kier molecular flexibility index (Phi) is 4.14. The average molecular weight is 294 g/mol. The van der Waals surface area contributed by atoms with E-state index in [0.29, 0.717) is 0 Å². The molecule has 0 aromatic heterocycles. The van der Waals surface area contributed by atoms with Crippen molar-refractivity contribution in [3.63, 3.8) is 0 Å². The minimum Gasteiger partial charge on any atom is -0.372 e. The van der Waals surface area contributed by atoms with Crippen LogP contribution < -0.4 is 9.80 Å². The van der Waals surface area contributed by atoms with Crippen molar-refractivity contribution in [1.29, 1.82) is 0 Å². The van der Waals surface area contributed by atoms with Crippen LogP contribution in [0.15, 0.2) is 48.5 Å². The normalized spacial score (nSPS) is 14.2. The quantitative estimate of drug-likeness (QED) is 0.858. The lowest BCUT2D eigenvalue weighted by Crippen LogP contribution is -2.26. The summed E-state index contributed by atoms with van der Waals surface area (Å²) >= 11 is 0. The maximum absolute atomic E-state index is 12.5. The second kappa shape index (κ2) is 6.22. The third kappa shape index (κ3) is 2.98. The maximum atomic E-state index is 12.5. The molecule has 2 aromatic carbocycles. The Labute approximate surface area is 132 Å². The molecule has 3 nitrogen and oxygen atoms in total. The zero-order chi connectivity index (χ0) is 15.5. The number of carbonyl (C=O) groups excluding carboxylic acids is 1. The first-order valence-corrected chi connectivity index (χ1v) is 7.85. The first-order valence-electron chi connectivity index (χ1n) is 7.85. The van der Waals surface area contributed by atoms with Crippen molar-refractivity contribution in [3.8, 4) is 0 Å². The van der Waals surface area contributed by atoms with Gasteiger partial charge >= 0.3 is 0 Å². The molecule has 22 heavy (non-hydrogen) atoms. The van der Waals surface area contributed by atoms with Crippen LogP contribution in [0, 0.1) is 6.92 Å². The molecule has 0 N–H and O–H groups in total. The van der Waals surface area contributed by atoms with E-state index in [-0.39, 0.29) is 5.91 Å². The zero-order valence-corrected chi connectivity index (χ0v) is 13.2. The van der Waals surface area contributed by atoms with Gasteiger partial charge in [0.15, 0.2) is 0 Å². The second-order valence-electron chi connectivity index (χ2n) is 5.94. The summed E-state index contributed by atoms with van der Waals surface area (Å²) in [5, 5.41) is 0. The largest absolute Gasteiger partial charge is 0.372 e. The summed E-state index contributed by atoms with van der Waals surface area (Å²) in [4.78, 5) is 16.6. The topological polar surface area (TPSA) is 23.6 Å². The second-order valence-corrected chi connectivity index (χ2v) is 5.94. The predicted molar refractivity (Wildman–Crippen MR) is 91.8 cm³/mol. The molecule has 1 fully saturated rings. The number of benzene rings is 2. The first-order chi connectivity index (χ1) is 10.6. The Morgan fingerprint density at radius 2 is 1.55 bits per heavy atom. The molecule has 3 rings (SSSR count). The van der Waals surface area contributed by atoms with Gasteiger partial charge in [-0.15, -0.1) is 0 Å². The van der Waals surface area contributed by atoms with Gasteiger partial charge in [-0.05, 0) is 56.2 Å². The highest BCUT2D eigenvalue weighted by Gasteiger charge is 2.15. The Morgan fingerprint density at radius 1 is 0.955 bits per heavy atom. The Hall–Kier alpha value is -2.29. The number of rotatable bonds is 3. The van der Waals surface area contributed by atoms with Crippen LogP contribution in [0.3, 0.4) is 0 Å². The number of hydrogen-bond acceptors (Lipinski definition) is 2. The summed E-state index contributed by atoms with van der Waals surface area (Å²) in [6.45, 7) is 4.30. The lowest BCUT2D eigenvalue weighted by Gasteiger charge is -2.21. The fourth-order valence-corrected chi connectivity index (χ4v) is 2.87. The van der Waals surface area contributed by atoms with Crippen LogP contribution in [0.25, 0.3) is 0 Å². The summed E-state index contributed by atoms with van der Waals surface area (Å²) in [5.41, 5.74) is 4.05. The van der Waals surface area contributed by atoms with E-state index in [1.807, 2.05) is 50.4 Å². The minimum absolute atomic E-state index is 0.0222. The monoisotopic (exact) mass is 294 g/mol. The van der Waals surface area contributed by atoms with Crippen molar-refractivity contribution in [2.24, 2.45) is 0 Å².